The summed E-state index contributed by atoms with van der Waals surface area (Å²) in [4.78, 5) is 12.0. The molecule has 4 rings (SSSR count). The van der Waals surface area contributed by atoms with Crippen molar-refractivity contribution in [3.63, 3.8) is 0 Å². The molecule has 2 saturated heterocycles. The summed E-state index contributed by atoms with van der Waals surface area (Å²) in [5.74, 6) is 2.02. The van der Waals surface area contributed by atoms with E-state index in [0.29, 0.717) is 0 Å². The van der Waals surface area contributed by atoms with Crippen LogP contribution in [-0.2, 0) is 11.3 Å². The van der Waals surface area contributed by atoms with Crippen molar-refractivity contribution in [2.45, 2.75) is 13.5 Å². The molecule has 0 unspecified atom stereocenters. The van der Waals surface area contributed by atoms with Gasteiger partial charge < -0.3 is 14.1 Å². The summed E-state index contributed by atoms with van der Waals surface area (Å²) in [6.07, 6.45) is 5.88. The highest BCUT2D eigenvalue weighted by Gasteiger charge is 2.18. The largest absolute Gasteiger partial charge is 0.465 e. The van der Waals surface area contributed by atoms with Crippen LogP contribution >= 0.6 is 0 Å². The maximum absolute atomic E-state index is 5.42. The second kappa shape index (κ2) is 9.37. The smallest absolute Gasteiger partial charge is 0.128 e. The van der Waals surface area contributed by atoms with Gasteiger partial charge in [0.05, 0.1) is 19.5 Å². The number of pyridine rings is 1. The molecule has 0 saturated carbocycles. The van der Waals surface area contributed by atoms with Gasteiger partial charge in [-0.25, -0.2) is 4.98 Å². The van der Waals surface area contributed by atoms with Crippen LogP contribution in [0.1, 0.15) is 18.2 Å². The number of rotatable bonds is 6. The standard InChI is InChI=1S/C22H30N4O2/c1-19(15-21-3-2-12-28-21)17-24-6-8-26(9-7-24)22-5-4-20(16-23-22)18-25-10-13-27-14-11-25/h2-5,12,15-16H,6-11,13-14,17-18H2,1H3. The van der Waals surface area contributed by atoms with Crippen LogP contribution in [0.3, 0.4) is 0 Å². The molecule has 0 atom stereocenters. The minimum absolute atomic E-state index is 0.839. The van der Waals surface area contributed by atoms with Crippen LogP contribution in [-0.4, -0.2) is 73.8 Å². The van der Waals surface area contributed by atoms with E-state index in [1.54, 1.807) is 6.26 Å². The lowest BCUT2D eigenvalue weighted by Gasteiger charge is -2.35. The van der Waals surface area contributed by atoms with Crippen molar-refractivity contribution in [2.75, 3.05) is 63.9 Å². The molecule has 6 heteroatoms. The first-order valence-electron chi connectivity index (χ1n) is 10.2. The van der Waals surface area contributed by atoms with Crippen LogP contribution in [0.15, 0.2) is 46.7 Å². The zero-order chi connectivity index (χ0) is 19.2. The van der Waals surface area contributed by atoms with E-state index >= 15 is 0 Å². The van der Waals surface area contributed by atoms with Crippen molar-refractivity contribution in [3.05, 3.63) is 53.6 Å². The van der Waals surface area contributed by atoms with Crippen LogP contribution in [0.5, 0.6) is 0 Å². The molecule has 2 aliphatic rings. The number of anilines is 1. The van der Waals surface area contributed by atoms with Crippen molar-refractivity contribution < 1.29 is 9.15 Å². The van der Waals surface area contributed by atoms with E-state index in [2.05, 4.69) is 39.8 Å². The first-order chi connectivity index (χ1) is 13.8. The van der Waals surface area contributed by atoms with Crippen LogP contribution < -0.4 is 4.90 Å². The molecule has 2 aromatic rings. The zero-order valence-corrected chi connectivity index (χ0v) is 16.7. The number of piperazine rings is 1. The average molecular weight is 383 g/mol. The Labute approximate surface area is 167 Å². The molecule has 6 nitrogen and oxygen atoms in total. The number of hydrogen-bond acceptors (Lipinski definition) is 6. The zero-order valence-electron chi connectivity index (χ0n) is 16.7. The van der Waals surface area contributed by atoms with Crippen molar-refractivity contribution in [3.8, 4) is 0 Å². The van der Waals surface area contributed by atoms with E-state index in [9.17, 15) is 0 Å². The van der Waals surface area contributed by atoms with Crippen molar-refractivity contribution >= 4 is 11.9 Å². The number of morpholine rings is 1. The Hall–Kier alpha value is -2.15. The van der Waals surface area contributed by atoms with Gasteiger partial charge in [0.2, 0.25) is 0 Å². The van der Waals surface area contributed by atoms with Gasteiger partial charge in [0.1, 0.15) is 11.6 Å². The summed E-state index contributed by atoms with van der Waals surface area (Å²) in [6, 6.07) is 8.32. The second-order valence-corrected chi connectivity index (χ2v) is 7.68. The van der Waals surface area contributed by atoms with Gasteiger partial charge in [-0.15, -0.1) is 0 Å². The third-order valence-corrected chi connectivity index (χ3v) is 5.42. The van der Waals surface area contributed by atoms with Crippen LogP contribution in [0.25, 0.3) is 6.08 Å². The first-order valence-corrected chi connectivity index (χ1v) is 10.2. The van der Waals surface area contributed by atoms with Crippen LogP contribution in [0.2, 0.25) is 0 Å². The summed E-state index contributed by atoms with van der Waals surface area (Å²) in [5, 5.41) is 0. The Balaban J connectivity index is 1.25. The molecule has 28 heavy (non-hydrogen) atoms. The quantitative estimate of drug-likeness (QED) is 0.766. The molecule has 0 bridgehead atoms. The van der Waals surface area contributed by atoms with Gasteiger partial charge >= 0.3 is 0 Å². The van der Waals surface area contributed by atoms with E-state index in [4.69, 9.17) is 14.1 Å². The van der Waals surface area contributed by atoms with Gasteiger partial charge in [0.25, 0.3) is 0 Å². The number of nitrogens with zero attached hydrogens (tertiary/aromatic N) is 4. The van der Waals surface area contributed by atoms with Crippen LogP contribution in [0.4, 0.5) is 5.82 Å². The normalized spacial score (nSPS) is 19.9. The summed E-state index contributed by atoms with van der Waals surface area (Å²) in [6.45, 7) is 12.0. The lowest BCUT2D eigenvalue weighted by molar-refractivity contribution is 0.0341. The highest BCUT2D eigenvalue weighted by molar-refractivity contribution is 5.47. The van der Waals surface area contributed by atoms with Gasteiger partial charge in [-0.2, -0.15) is 0 Å². The highest BCUT2D eigenvalue weighted by atomic mass is 16.5. The van der Waals surface area contributed by atoms with E-state index in [1.165, 1.54) is 11.1 Å². The fourth-order valence-corrected chi connectivity index (χ4v) is 3.86. The monoisotopic (exact) mass is 382 g/mol. The molecule has 150 valence electrons. The molecule has 4 heterocycles. The highest BCUT2D eigenvalue weighted by Crippen LogP contribution is 2.16. The fourth-order valence-electron chi connectivity index (χ4n) is 3.86. The summed E-state index contributed by atoms with van der Waals surface area (Å²) in [5.41, 5.74) is 2.61. The fraction of sp³-hybridized carbons (Fsp3) is 0.500. The van der Waals surface area contributed by atoms with E-state index in [0.717, 1.165) is 77.1 Å². The predicted octanol–water partition coefficient (Wildman–Crippen LogP) is 2.73. The Morgan fingerprint density at radius 1 is 1.04 bits per heavy atom. The number of aromatic nitrogens is 1. The topological polar surface area (TPSA) is 45.0 Å². The van der Waals surface area contributed by atoms with E-state index < -0.39 is 0 Å². The first kappa shape index (κ1) is 19.2. The summed E-state index contributed by atoms with van der Waals surface area (Å²) in [7, 11) is 0. The van der Waals surface area contributed by atoms with Crippen LogP contribution in [0, 0.1) is 0 Å². The molecule has 0 N–H and O–H groups in total. The van der Waals surface area contributed by atoms with Gasteiger partial charge in [-0.1, -0.05) is 11.6 Å². The molecular weight excluding hydrogens is 352 g/mol. The maximum Gasteiger partial charge on any atom is 0.128 e. The molecule has 2 aliphatic heterocycles. The summed E-state index contributed by atoms with van der Waals surface area (Å²) < 4.78 is 10.8. The number of furan rings is 1. The van der Waals surface area contributed by atoms with E-state index in [1.807, 2.05) is 18.3 Å². The number of hydrogen-bond donors (Lipinski definition) is 0. The summed E-state index contributed by atoms with van der Waals surface area (Å²) >= 11 is 0. The Morgan fingerprint density at radius 3 is 2.54 bits per heavy atom. The molecule has 0 aliphatic carbocycles. The Kier molecular flexibility index (Phi) is 6.41. The maximum atomic E-state index is 5.42. The lowest BCUT2D eigenvalue weighted by Crippen LogP contribution is -2.47. The predicted molar refractivity (Wildman–Crippen MR) is 111 cm³/mol. The minimum atomic E-state index is 0.839. The Bertz CT molecular complexity index is 743. The van der Waals surface area contributed by atoms with Gasteiger partial charge in [-0.05, 0) is 36.8 Å². The second-order valence-electron chi connectivity index (χ2n) is 7.68. The van der Waals surface area contributed by atoms with Gasteiger partial charge in [0, 0.05) is 58.6 Å². The lowest BCUT2D eigenvalue weighted by atomic mass is 10.2. The van der Waals surface area contributed by atoms with Gasteiger partial charge in [-0.3, -0.25) is 9.80 Å². The third kappa shape index (κ3) is 5.22. The minimum Gasteiger partial charge on any atom is -0.465 e. The van der Waals surface area contributed by atoms with Crippen molar-refractivity contribution in [1.82, 2.24) is 14.8 Å². The third-order valence-electron chi connectivity index (χ3n) is 5.42. The molecule has 0 amide bonds. The number of ether oxygens (including phenoxy) is 1. The van der Waals surface area contributed by atoms with E-state index in [-0.39, 0.29) is 0 Å². The van der Waals surface area contributed by atoms with Gasteiger partial charge in [0.15, 0.2) is 0 Å². The van der Waals surface area contributed by atoms with Crippen molar-refractivity contribution in [2.24, 2.45) is 0 Å². The molecule has 0 aromatic carbocycles. The molecule has 2 aromatic heterocycles. The molecule has 0 radical (unpaired) electrons. The SMILES string of the molecule is CC(=Cc1ccco1)CN1CCN(c2ccc(CN3CCOCC3)cn2)CC1. The van der Waals surface area contributed by atoms with Crippen molar-refractivity contribution in [1.29, 1.82) is 0 Å². The molecular formula is C22H30N4O2. The average Bonchev–Trinajstić information content (AvgIpc) is 3.23. The Morgan fingerprint density at radius 2 is 1.86 bits per heavy atom. The molecule has 0 spiro atoms. The molecule has 2 fully saturated rings.